The number of halogens is 2. The number of hydrogen-bond acceptors (Lipinski definition) is 3. The van der Waals surface area contributed by atoms with E-state index in [2.05, 4.69) is 34.3 Å². The SMILES string of the molecule is COCCCN(CC(=O)N(Cc1cccn1Cc1ccccc1Cl)CC(C)C)C(=O)c1cccc(Br)c1. The molecular formula is C29H35BrClN3O3. The van der Waals surface area contributed by atoms with Gasteiger partial charge >= 0.3 is 0 Å². The average molecular weight is 589 g/mol. The molecule has 6 nitrogen and oxygen atoms in total. The highest BCUT2D eigenvalue weighted by atomic mass is 79.9. The molecule has 0 spiro atoms. The van der Waals surface area contributed by atoms with Crippen LogP contribution < -0.4 is 0 Å². The fourth-order valence-electron chi connectivity index (χ4n) is 4.17. The Bertz CT molecular complexity index is 1180. The molecule has 0 fully saturated rings. The molecule has 37 heavy (non-hydrogen) atoms. The molecule has 0 saturated heterocycles. The third-order valence-corrected chi connectivity index (χ3v) is 6.84. The summed E-state index contributed by atoms with van der Waals surface area (Å²) in [7, 11) is 1.63. The maximum Gasteiger partial charge on any atom is 0.254 e. The number of ether oxygens (including phenoxy) is 1. The monoisotopic (exact) mass is 587 g/mol. The Balaban J connectivity index is 1.79. The predicted molar refractivity (Wildman–Crippen MR) is 152 cm³/mol. The molecular weight excluding hydrogens is 554 g/mol. The fraction of sp³-hybridized carbons (Fsp3) is 0.379. The highest BCUT2D eigenvalue weighted by molar-refractivity contribution is 9.10. The van der Waals surface area contributed by atoms with Gasteiger partial charge in [-0.1, -0.05) is 65.6 Å². The van der Waals surface area contributed by atoms with Gasteiger partial charge in [-0.05, 0) is 54.3 Å². The Kier molecular flexibility index (Phi) is 11.2. The standard InChI is InChI=1S/C29H35BrClN3O3/c1-22(2)18-34(20-26-12-7-14-32(26)19-24-9-4-5-13-27(24)31)28(35)21-33(15-8-16-37-3)29(36)23-10-6-11-25(30)17-23/h4-7,9-14,17,22H,8,15-16,18-21H2,1-3H3. The Morgan fingerprint density at radius 3 is 2.54 bits per heavy atom. The lowest BCUT2D eigenvalue weighted by atomic mass is 10.1. The molecule has 0 N–H and O–H groups in total. The second kappa shape index (κ2) is 14.4. The summed E-state index contributed by atoms with van der Waals surface area (Å²) in [4.78, 5) is 30.5. The number of nitrogens with zero attached hydrogens (tertiary/aromatic N) is 3. The lowest BCUT2D eigenvalue weighted by Crippen LogP contribution is -2.44. The number of carbonyl (C=O) groups excluding carboxylic acids is 2. The van der Waals surface area contributed by atoms with Crippen molar-refractivity contribution in [1.82, 2.24) is 14.4 Å². The molecule has 8 heteroatoms. The van der Waals surface area contributed by atoms with Crippen molar-refractivity contribution < 1.29 is 14.3 Å². The smallest absolute Gasteiger partial charge is 0.254 e. The minimum absolute atomic E-state index is 0.00695. The maximum absolute atomic E-state index is 13.6. The predicted octanol–water partition coefficient (Wildman–Crippen LogP) is 6.12. The summed E-state index contributed by atoms with van der Waals surface area (Å²) >= 11 is 9.83. The van der Waals surface area contributed by atoms with Gasteiger partial charge in [0.25, 0.3) is 5.91 Å². The molecule has 3 aromatic rings. The molecule has 0 aliphatic carbocycles. The summed E-state index contributed by atoms with van der Waals surface area (Å²) in [6, 6.07) is 19.0. The van der Waals surface area contributed by atoms with Crippen LogP contribution in [0.1, 0.15) is 41.9 Å². The highest BCUT2D eigenvalue weighted by Gasteiger charge is 2.24. The van der Waals surface area contributed by atoms with Gasteiger partial charge in [-0.15, -0.1) is 0 Å². The van der Waals surface area contributed by atoms with Crippen molar-refractivity contribution in [1.29, 1.82) is 0 Å². The van der Waals surface area contributed by atoms with Gasteiger partial charge in [0.05, 0.1) is 6.54 Å². The Labute approximate surface area is 233 Å². The summed E-state index contributed by atoms with van der Waals surface area (Å²) < 4.78 is 8.13. The van der Waals surface area contributed by atoms with E-state index in [4.69, 9.17) is 16.3 Å². The van der Waals surface area contributed by atoms with Gasteiger partial charge in [-0.3, -0.25) is 9.59 Å². The summed E-state index contributed by atoms with van der Waals surface area (Å²) in [6.07, 6.45) is 2.65. The summed E-state index contributed by atoms with van der Waals surface area (Å²) in [5.41, 5.74) is 2.58. The van der Waals surface area contributed by atoms with E-state index >= 15 is 0 Å². The lowest BCUT2D eigenvalue weighted by molar-refractivity contribution is -0.133. The number of methoxy groups -OCH3 is 1. The minimum Gasteiger partial charge on any atom is -0.385 e. The van der Waals surface area contributed by atoms with Crippen LogP contribution in [0.2, 0.25) is 5.02 Å². The van der Waals surface area contributed by atoms with Crippen LogP contribution in [0, 0.1) is 5.92 Å². The minimum atomic E-state index is -0.169. The van der Waals surface area contributed by atoms with Gasteiger partial charge in [0.1, 0.15) is 6.54 Å². The molecule has 0 saturated carbocycles. The molecule has 198 valence electrons. The van der Waals surface area contributed by atoms with Gasteiger partial charge in [-0.25, -0.2) is 0 Å². The van der Waals surface area contributed by atoms with E-state index in [1.807, 2.05) is 59.6 Å². The summed E-state index contributed by atoms with van der Waals surface area (Å²) in [6.45, 7) is 6.80. The van der Waals surface area contributed by atoms with Crippen molar-refractivity contribution in [2.45, 2.75) is 33.4 Å². The van der Waals surface area contributed by atoms with E-state index in [1.165, 1.54) is 0 Å². The molecule has 0 unspecified atom stereocenters. The number of benzene rings is 2. The van der Waals surface area contributed by atoms with Crippen molar-refractivity contribution in [3.05, 3.63) is 93.2 Å². The third kappa shape index (κ3) is 8.73. The molecule has 0 radical (unpaired) electrons. The molecule has 2 aromatic carbocycles. The molecule has 1 aromatic heterocycles. The van der Waals surface area contributed by atoms with Crippen molar-refractivity contribution in [2.24, 2.45) is 5.92 Å². The normalized spacial score (nSPS) is 11.1. The molecule has 2 amide bonds. The van der Waals surface area contributed by atoms with Crippen LogP contribution >= 0.6 is 27.5 Å². The molecule has 0 aliphatic heterocycles. The zero-order valence-electron chi connectivity index (χ0n) is 21.7. The molecule has 0 aliphatic rings. The number of amides is 2. The third-order valence-electron chi connectivity index (χ3n) is 5.97. The maximum atomic E-state index is 13.6. The first kappa shape index (κ1) is 29.0. The molecule has 1 heterocycles. The molecule has 0 atom stereocenters. The van der Waals surface area contributed by atoms with E-state index in [-0.39, 0.29) is 24.3 Å². The molecule has 3 rings (SSSR count). The van der Waals surface area contributed by atoms with Crippen LogP contribution in [0.4, 0.5) is 0 Å². The number of aromatic nitrogens is 1. The van der Waals surface area contributed by atoms with E-state index in [1.54, 1.807) is 24.1 Å². The Hall–Kier alpha value is -2.61. The van der Waals surface area contributed by atoms with Crippen molar-refractivity contribution in [3.8, 4) is 0 Å². The zero-order valence-corrected chi connectivity index (χ0v) is 24.0. The first-order valence-corrected chi connectivity index (χ1v) is 13.6. The van der Waals surface area contributed by atoms with Gasteiger partial charge < -0.3 is 19.1 Å². The first-order valence-electron chi connectivity index (χ1n) is 12.5. The van der Waals surface area contributed by atoms with Crippen LogP contribution in [0.5, 0.6) is 0 Å². The molecule has 0 bridgehead atoms. The van der Waals surface area contributed by atoms with Crippen LogP contribution in [0.25, 0.3) is 0 Å². The van der Waals surface area contributed by atoms with Gasteiger partial charge in [0.2, 0.25) is 5.91 Å². The van der Waals surface area contributed by atoms with Crippen LogP contribution in [0.3, 0.4) is 0 Å². The summed E-state index contributed by atoms with van der Waals surface area (Å²) in [5, 5.41) is 0.718. The van der Waals surface area contributed by atoms with Gasteiger partial charge in [0, 0.05) is 60.3 Å². The van der Waals surface area contributed by atoms with Crippen LogP contribution in [-0.2, 0) is 22.6 Å². The van der Waals surface area contributed by atoms with E-state index in [0.717, 1.165) is 20.8 Å². The quantitative estimate of drug-likeness (QED) is 0.226. The largest absolute Gasteiger partial charge is 0.385 e. The van der Waals surface area contributed by atoms with Crippen LogP contribution in [0.15, 0.2) is 71.3 Å². The van der Waals surface area contributed by atoms with Gasteiger partial charge in [0.15, 0.2) is 0 Å². The van der Waals surface area contributed by atoms with Crippen molar-refractivity contribution in [2.75, 3.05) is 33.4 Å². The second-order valence-corrected chi connectivity index (χ2v) is 10.8. The number of carbonyl (C=O) groups is 2. The van der Waals surface area contributed by atoms with E-state index < -0.39 is 0 Å². The zero-order chi connectivity index (χ0) is 26.8. The van der Waals surface area contributed by atoms with Crippen molar-refractivity contribution in [3.63, 3.8) is 0 Å². The Morgan fingerprint density at radius 2 is 1.84 bits per heavy atom. The van der Waals surface area contributed by atoms with Gasteiger partial charge in [-0.2, -0.15) is 0 Å². The topological polar surface area (TPSA) is 54.8 Å². The average Bonchev–Trinajstić information content (AvgIpc) is 3.30. The summed E-state index contributed by atoms with van der Waals surface area (Å²) in [5.74, 6) is 0.0240. The fourth-order valence-corrected chi connectivity index (χ4v) is 4.76. The highest BCUT2D eigenvalue weighted by Crippen LogP contribution is 2.19. The van der Waals surface area contributed by atoms with E-state index in [9.17, 15) is 9.59 Å². The first-order chi connectivity index (χ1) is 17.8. The lowest BCUT2D eigenvalue weighted by Gasteiger charge is -2.29. The Morgan fingerprint density at radius 1 is 1.05 bits per heavy atom. The number of rotatable bonds is 13. The van der Waals surface area contributed by atoms with Crippen molar-refractivity contribution >= 4 is 39.3 Å². The van der Waals surface area contributed by atoms with Crippen LogP contribution in [-0.4, -0.2) is 59.5 Å². The number of hydrogen-bond donors (Lipinski definition) is 0. The second-order valence-electron chi connectivity index (χ2n) is 9.47. The van der Waals surface area contributed by atoms with E-state index in [0.29, 0.717) is 44.8 Å².